The molecule has 62 valence electrons. The van der Waals surface area contributed by atoms with Gasteiger partial charge in [-0.3, -0.25) is 9.79 Å². The quantitative estimate of drug-likeness (QED) is 0.571. The van der Waals surface area contributed by atoms with E-state index in [-0.39, 0.29) is 5.78 Å². The molecule has 0 heterocycles. The van der Waals surface area contributed by atoms with Crippen LogP contribution in [0.4, 0.5) is 0 Å². The Labute approximate surface area is 68.0 Å². The van der Waals surface area contributed by atoms with Crippen LogP contribution in [0.2, 0.25) is 0 Å². The first-order valence-electron chi connectivity index (χ1n) is 3.74. The number of hydrogen-bond donors (Lipinski definition) is 0. The fraction of sp³-hybridized carbons (Fsp3) is 0.556. The van der Waals surface area contributed by atoms with Gasteiger partial charge in [0.05, 0.1) is 6.21 Å². The fourth-order valence-electron chi connectivity index (χ4n) is 0.409. The van der Waals surface area contributed by atoms with Gasteiger partial charge in [0.25, 0.3) is 0 Å². The van der Waals surface area contributed by atoms with Gasteiger partial charge in [-0.1, -0.05) is 19.4 Å². The number of hydrogen-bond acceptors (Lipinski definition) is 2. The largest absolute Gasteiger partial charge is 0.293 e. The van der Waals surface area contributed by atoms with E-state index in [9.17, 15) is 4.79 Å². The highest BCUT2D eigenvalue weighted by Gasteiger charge is 1.93. The van der Waals surface area contributed by atoms with Gasteiger partial charge in [0.1, 0.15) is 0 Å². The first-order valence-corrected chi connectivity index (χ1v) is 3.74. The minimum Gasteiger partial charge on any atom is -0.293 e. The average molecular weight is 153 g/mol. The summed E-state index contributed by atoms with van der Waals surface area (Å²) in [6.07, 6.45) is 3.05. The Balaban J connectivity index is 4.01. The maximum Gasteiger partial charge on any atom is 0.170 e. The van der Waals surface area contributed by atoms with E-state index in [1.54, 1.807) is 6.20 Å². The molecular weight excluding hydrogens is 138 g/mol. The summed E-state index contributed by atoms with van der Waals surface area (Å²) in [6, 6.07) is 0. The first-order chi connectivity index (χ1) is 5.04. The molecule has 2 nitrogen and oxygen atoms in total. The SMILES string of the molecule is CC(=O)C=N/C=C(/C)C(C)C. The van der Waals surface area contributed by atoms with Crippen molar-refractivity contribution in [2.75, 3.05) is 0 Å². The highest BCUT2D eigenvalue weighted by molar-refractivity contribution is 6.26. The van der Waals surface area contributed by atoms with Gasteiger partial charge in [-0.05, 0) is 12.8 Å². The highest BCUT2D eigenvalue weighted by Crippen LogP contribution is 2.06. The van der Waals surface area contributed by atoms with Crippen molar-refractivity contribution in [3.63, 3.8) is 0 Å². The fourth-order valence-corrected chi connectivity index (χ4v) is 0.409. The standard InChI is InChI=1S/C9H15NO/c1-7(2)8(3)5-10-6-9(4)11/h5-7H,1-4H3/b8-5-,10-6?. The van der Waals surface area contributed by atoms with Crippen LogP contribution in [0.15, 0.2) is 16.8 Å². The highest BCUT2D eigenvalue weighted by atomic mass is 16.1. The van der Waals surface area contributed by atoms with E-state index in [0.717, 1.165) is 0 Å². The lowest BCUT2D eigenvalue weighted by Gasteiger charge is -2.00. The van der Waals surface area contributed by atoms with E-state index in [4.69, 9.17) is 0 Å². The van der Waals surface area contributed by atoms with Crippen LogP contribution >= 0.6 is 0 Å². The Hall–Kier alpha value is -0.920. The van der Waals surface area contributed by atoms with Gasteiger partial charge in [-0.25, -0.2) is 0 Å². The molecule has 0 fully saturated rings. The lowest BCUT2D eigenvalue weighted by molar-refractivity contribution is -0.110. The molecule has 2 heteroatoms. The zero-order valence-corrected chi connectivity index (χ0v) is 7.59. The Morgan fingerprint density at radius 2 is 1.91 bits per heavy atom. The molecule has 11 heavy (non-hydrogen) atoms. The summed E-state index contributed by atoms with van der Waals surface area (Å²) in [6.45, 7) is 7.68. The lowest BCUT2D eigenvalue weighted by Crippen LogP contribution is -1.90. The van der Waals surface area contributed by atoms with Crippen molar-refractivity contribution >= 4 is 12.0 Å². The molecule has 0 atom stereocenters. The normalized spacial score (nSPS) is 13.0. The lowest BCUT2D eigenvalue weighted by atomic mass is 10.1. The minimum atomic E-state index is -0.0159. The van der Waals surface area contributed by atoms with E-state index < -0.39 is 0 Å². The topological polar surface area (TPSA) is 29.4 Å². The van der Waals surface area contributed by atoms with Crippen LogP contribution < -0.4 is 0 Å². The van der Waals surface area contributed by atoms with Crippen LogP contribution in [-0.4, -0.2) is 12.0 Å². The molecule has 0 aliphatic carbocycles. The van der Waals surface area contributed by atoms with Crippen LogP contribution in [0.25, 0.3) is 0 Å². The van der Waals surface area contributed by atoms with Crippen molar-refractivity contribution in [1.29, 1.82) is 0 Å². The Bertz CT molecular complexity index is 190. The van der Waals surface area contributed by atoms with Gasteiger partial charge in [0.15, 0.2) is 5.78 Å². The van der Waals surface area contributed by atoms with Crippen LogP contribution in [0, 0.1) is 5.92 Å². The van der Waals surface area contributed by atoms with Gasteiger partial charge in [0, 0.05) is 13.1 Å². The number of Topliss-reactive ketones (excluding diaryl/α,β-unsaturated/α-hetero) is 1. The van der Waals surface area contributed by atoms with Gasteiger partial charge in [-0.15, -0.1) is 0 Å². The number of allylic oxidation sites excluding steroid dienone is 1. The second-order valence-corrected chi connectivity index (χ2v) is 2.92. The van der Waals surface area contributed by atoms with Gasteiger partial charge >= 0.3 is 0 Å². The van der Waals surface area contributed by atoms with E-state index >= 15 is 0 Å². The molecule has 0 saturated heterocycles. The number of ketones is 1. The Kier molecular flexibility index (Phi) is 4.42. The van der Waals surface area contributed by atoms with Crippen molar-refractivity contribution in [1.82, 2.24) is 0 Å². The smallest absolute Gasteiger partial charge is 0.170 e. The first kappa shape index (κ1) is 10.1. The summed E-state index contributed by atoms with van der Waals surface area (Å²) in [4.78, 5) is 14.3. The molecular formula is C9H15NO. The summed E-state index contributed by atoms with van der Waals surface area (Å²) in [5.41, 5.74) is 1.18. The zero-order valence-electron chi connectivity index (χ0n) is 7.59. The second-order valence-electron chi connectivity index (χ2n) is 2.92. The molecule has 0 amide bonds. The summed E-state index contributed by atoms with van der Waals surface area (Å²) >= 11 is 0. The number of aliphatic imine (C=N–C) groups is 1. The number of nitrogens with zero attached hydrogens (tertiary/aromatic N) is 1. The van der Waals surface area contributed by atoms with Crippen LogP contribution in [-0.2, 0) is 4.79 Å². The third-order valence-corrected chi connectivity index (χ3v) is 1.45. The van der Waals surface area contributed by atoms with E-state index in [1.165, 1.54) is 18.7 Å². The molecule has 0 N–H and O–H groups in total. The maximum absolute atomic E-state index is 10.4. The summed E-state index contributed by atoms with van der Waals surface area (Å²) in [7, 11) is 0. The van der Waals surface area contributed by atoms with E-state index in [2.05, 4.69) is 18.8 Å². The molecule has 0 aromatic heterocycles. The number of rotatable bonds is 3. The maximum atomic E-state index is 10.4. The third kappa shape index (κ3) is 5.52. The van der Waals surface area contributed by atoms with E-state index in [1.807, 2.05) is 6.92 Å². The zero-order chi connectivity index (χ0) is 8.85. The van der Waals surface area contributed by atoms with Crippen LogP contribution in [0.1, 0.15) is 27.7 Å². The molecule has 0 bridgehead atoms. The van der Waals surface area contributed by atoms with Gasteiger partial charge in [-0.2, -0.15) is 0 Å². The molecule has 0 aliphatic heterocycles. The predicted octanol–water partition coefficient (Wildman–Crippen LogP) is 2.21. The summed E-state index contributed by atoms with van der Waals surface area (Å²) in [5, 5.41) is 0. The third-order valence-electron chi connectivity index (χ3n) is 1.45. The molecule has 0 aromatic carbocycles. The van der Waals surface area contributed by atoms with Crippen molar-refractivity contribution < 1.29 is 4.79 Å². The Morgan fingerprint density at radius 1 is 1.36 bits per heavy atom. The van der Waals surface area contributed by atoms with E-state index in [0.29, 0.717) is 5.92 Å². The van der Waals surface area contributed by atoms with Crippen LogP contribution in [0.3, 0.4) is 0 Å². The predicted molar refractivity (Wildman–Crippen MR) is 47.8 cm³/mol. The summed E-state index contributed by atoms with van der Waals surface area (Å²) in [5.74, 6) is 0.483. The van der Waals surface area contributed by atoms with Crippen molar-refractivity contribution in [3.05, 3.63) is 11.8 Å². The number of carbonyl (C=O) groups excluding carboxylic acids is 1. The van der Waals surface area contributed by atoms with Gasteiger partial charge < -0.3 is 0 Å². The average Bonchev–Trinajstić information content (AvgIpc) is 1.86. The molecule has 0 radical (unpaired) electrons. The molecule has 0 unspecified atom stereocenters. The Morgan fingerprint density at radius 3 is 2.27 bits per heavy atom. The minimum absolute atomic E-state index is 0.0159. The number of carbonyl (C=O) groups is 1. The van der Waals surface area contributed by atoms with Crippen LogP contribution in [0.5, 0.6) is 0 Å². The van der Waals surface area contributed by atoms with Crippen molar-refractivity contribution in [2.24, 2.45) is 10.9 Å². The molecule has 0 aliphatic rings. The monoisotopic (exact) mass is 153 g/mol. The van der Waals surface area contributed by atoms with Gasteiger partial charge in [0.2, 0.25) is 0 Å². The summed E-state index contributed by atoms with van der Waals surface area (Å²) < 4.78 is 0. The molecule has 0 spiro atoms. The van der Waals surface area contributed by atoms with Crippen molar-refractivity contribution in [3.8, 4) is 0 Å². The molecule has 0 saturated carbocycles. The molecule has 0 rings (SSSR count). The van der Waals surface area contributed by atoms with Crippen molar-refractivity contribution in [2.45, 2.75) is 27.7 Å². The second kappa shape index (κ2) is 4.83. The molecule has 0 aromatic rings.